The van der Waals surface area contributed by atoms with E-state index in [1.165, 1.54) is 48.7 Å². The Kier molecular flexibility index (Phi) is 9.45. The average Bonchev–Trinajstić information content (AvgIpc) is 2.84. The number of ether oxygens (including phenoxy) is 1. The van der Waals surface area contributed by atoms with Crippen LogP contribution < -0.4 is 19.8 Å². The lowest BCUT2D eigenvalue weighted by atomic mass is 10.2. The van der Waals surface area contributed by atoms with Crippen molar-refractivity contribution in [3.05, 3.63) is 88.2 Å². The quantitative estimate of drug-likeness (QED) is 0.283. The lowest BCUT2D eigenvalue weighted by Crippen LogP contribution is -2.39. The highest BCUT2D eigenvalue weighted by atomic mass is 35.5. The van der Waals surface area contributed by atoms with Gasteiger partial charge in [-0.05, 0) is 72.3 Å². The fourth-order valence-electron chi connectivity index (χ4n) is 2.91. The summed E-state index contributed by atoms with van der Waals surface area (Å²) in [7, 11) is -3.79. The van der Waals surface area contributed by atoms with Crippen molar-refractivity contribution in [2.75, 3.05) is 29.0 Å². The third-order valence-electron chi connectivity index (χ3n) is 4.66. The van der Waals surface area contributed by atoms with Gasteiger partial charge in [0.25, 0.3) is 11.8 Å². The summed E-state index contributed by atoms with van der Waals surface area (Å²) in [5.74, 6) is -1.08. The maximum Gasteiger partial charge on any atom is 0.262 e. The van der Waals surface area contributed by atoms with Crippen molar-refractivity contribution in [2.24, 2.45) is 5.10 Å². The summed E-state index contributed by atoms with van der Waals surface area (Å²) < 4.78 is 43.6. The molecule has 0 aliphatic heterocycles. The number of hydrogen-bond acceptors (Lipinski definition) is 6. The van der Waals surface area contributed by atoms with Gasteiger partial charge in [0.2, 0.25) is 10.0 Å². The molecule has 0 aliphatic carbocycles. The number of nitrogens with one attached hydrogen (secondary N) is 2. The summed E-state index contributed by atoms with van der Waals surface area (Å²) in [6, 6.07) is 16.0. The molecule has 0 atom stereocenters. The van der Waals surface area contributed by atoms with Gasteiger partial charge >= 0.3 is 0 Å². The molecule has 3 aromatic rings. The van der Waals surface area contributed by atoms with E-state index in [9.17, 15) is 22.4 Å². The first kappa shape index (κ1) is 27.9. The number of nitrogens with zero attached hydrogens (tertiary/aromatic N) is 2. The van der Waals surface area contributed by atoms with Crippen LogP contribution in [0, 0.1) is 5.82 Å². The highest BCUT2D eigenvalue weighted by molar-refractivity contribution is 7.92. The first-order chi connectivity index (χ1) is 17.5. The van der Waals surface area contributed by atoms with Crippen molar-refractivity contribution < 1.29 is 27.1 Å². The van der Waals surface area contributed by atoms with Gasteiger partial charge in [-0.15, -0.1) is 0 Å². The van der Waals surface area contributed by atoms with Gasteiger partial charge < -0.3 is 10.1 Å². The number of hydrazone groups is 1. The molecule has 2 amide bonds. The van der Waals surface area contributed by atoms with Crippen LogP contribution in [0.15, 0.2) is 71.8 Å². The molecule has 0 heterocycles. The molecule has 37 heavy (non-hydrogen) atoms. The van der Waals surface area contributed by atoms with E-state index < -0.39 is 34.2 Å². The SMILES string of the molecule is CS(=O)(=O)N(CC(=O)NN=Cc1ccc(OCC(=O)Nc2ccc(F)cc2)cc1)c1ccc(Cl)c(Cl)c1. The van der Waals surface area contributed by atoms with E-state index in [-0.39, 0.29) is 22.3 Å². The molecule has 13 heteroatoms. The Morgan fingerprint density at radius 2 is 1.68 bits per heavy atom. The van der Waals surface area contributed by atoms with Crippen molar-refractivity contribution >= 4 is 62.6 Å². The lowest BCUT2D eigenvalue weighted by molar-refractivity contribution is -0.119. The fourth-order valence-corrected chi connectivity index (χ4v) is 4.05. The Morgan fingerprint density at radius 3 is 2.30 bits per heavy atom. The van der Waals surface area contributed by atoms with Gasteiger partial charge in [-0.1, -0.05) is 23.2 Å². The fraction of sp³-hybridized carbons (Fsp3) is 0.125. The minimum absolute atomic E-state index is 0.146. The number of benzene rings is 3. The molecule has 3 rings (SSSR count). The maximum atomic E-state index is 12.9. The molecule has 194 valence electrons. The van der Waals surface area contributed by atoms with Crippen LogP contribution in [0.3, 0.4) is 0 Å². The smallest absolute Gasteiger partial charge is 0.262 e. The number of carbonyl (C=O) groups is 2. The predicted molar refractivity (Wildman–Crippen MR) is 141 cm³/mol. The van der Waals surface area contributed by atoms with Crippen molar-refractivity contribution in [2.45, 2.75) is 0 Å². The normalized spacial score (nSPS) is 11.2. The molecule has 0 aromatic heterocycles. The molecule has 3 aromatic carbocycles. The topological polar surface area (TPSA) is 117 Å². The third kappa shape index (κ3) is 8.74. The van der Waals surface area contributed by atoms with Crippen LogP contribution in [-0.2, 0) is 19.6 Å². The molecule has 0 saturated heterocycles. The van der Waals surface area contributed by atoms with E-state index in [4.69, 9.17) is 27.9 Å². The van der Waals surface area contributed by atoms with Crippen LogP contribution in [0.25, 0.3) is 0 Å². The Hall–Kier alpha value is -3.67. The first-order valence-electron chi connectivity index (χ1n) is 10.5. The number of amides is 2. The molecule has 0 unspecified atom stereocenters. The van der Waals surface area contributed by atoms with Gasteiger partial charge in [0.15, 0.2) is 6.61 Å². The Morgan fingerprint density at radius 1 is 1.00 bits per heavy atom. The summed E-state index contributed by atoms with van der Waals surface area (Å²) >= 11 is 11.8. The summed E-state index contributed by atoms with van der Waals surface area (Å²) in [5.41, 5.74) is 3.50. The highest BCUT2D eigenvalue weighted by Crippen LogP contribution is 2.28. The van der Waals surface area contributed by atoms with E-state index in [1.54, 1.807) is 24.3 Å². The van der Waals surface area contributed by atoms with Crippen LogP contribution >= 0.6 is 23.2 Å². The van der Waals surface area contributed by atoms with Gasteiger partial charge in [-0.2, -0.15) is 5.10 Å². The van der Waals surface area contributed by atoms with Crippen LogP contribution in [0.5, 0.6) is 5.75 Å². The Labute approximate surface area is 222 Å². The zero-order chi connectivity index (χ0) is 27.0. The highest BCUT2D eigenvalue weighted by Gasteiger charge is 2.21. The molecule has 9 nitrogen and oxygen atoms in total. The molecule has 0 bridgehead atoms. The minimum Gasteiger partial charge on any atom is -0.484 e. The van der Waals surface area contributed by atoms with E-state index in [0.717, 1.165) is 10.6 Å². The Balaban J connectivity index is 1.50. The van der Waals surface area contributed by atoms with E-state index in [1.807, 2.05) is 0 Å². The summed E-state index contributed by atoms with van der Waals surface area (Å²) in [6.45, 7) is -0.780. The minimum atomic E-state index is -3.79. The van der Waals surface area contributed by atoms with Gasteiger partial charge in [0, 0.05) is 5.69 Å². The molecular weight excluding hydrogens is 546 g/mol. The second-order valence-electron chi connectivity index (χ2n) is 7.57. The molecular formula is C24H21Cl2FN4O5S. The van der Waals surface area contributed by atoms with E-state index in [2.05, 4.69) is 15.8 Å². The van der Waals surface area contributed by atoms with Crippen LogP contribution in [0.2, 0.25) is 10.0 Å². The number of carbonyl (C=O) groups excluding carboxylic acids is 2. The average molecular weight is 567 g/mol. The molecule has 0 radical (unpaired) electrons. The molecule has 0 aliphatic rings. The summed E-state index contributed by atoms with van der Waals surface area (Å²) in [6.07, 6.45) is 2.31. The second-order valence-corrected chi connectivity index (χ2v) is 10.3. The summed E-state index contributed by atoms with van der Waals surface area (Å²) in [5, 5.41) is 6.81. The number of hydrogen-bond donors (Lipinski definition) is 2. The van der Waals surface area contributed by atoms with Crippen molar-refractivity contribution in [1.82, 2.24) is 5.43 Å². The second kappa shape index (κ2) is 12.5. The van der Waals surface area contributed by atoms with Crippen LogP contribution in [0.1, 0.15) is 5.56 Å². The third-order valence-corrected chi connectivity index (χ3v) is 6.54. The standard InChI is InChI=1S/C24H21Cl2FN4O5S/c1-37(34,35)31(19-8-11-21(25)22(26)12-19)14-23(32)30-28-13-16-2-9-20(10-3-16)36-15-24(33)29-18-6-4-17(27)5-7-18/h2-13H,14-15H2,1H3,(H,29,33)(H,30,32). The van der Waals surface area contributed by atoms with E-state index >= 15 is 0 Å². The molecule has 2 N–H and O–H groups in total. The monoisotopic (exact) mass is 566 g/mol. The number of sulfonamides is 1. The molecule has 0 saturated carbocycles. The Bertz CT molecular complexity index is 1400. The summed E-state index contributed by atoms with van der Waals surface area (Å²) in [4.78, 5) is 24.3. The largest absolute Gasteiger partial charge is 0.484 e. The number of anilines is 2. The van der Waals surface area contributed by atoms with Gasteiger partial charge in [-0.3, -0.25) is 13.9 Å². The molecule has 0 fully saturated rings. The van der Waals surface area contributed by atoms with Gasteiger partial charge in [-0.25, -0.2) is 18.2 Å². The van der Waals surface area contributed by atoms with Gasteiger partial charge in [0.1, 0.15) is 18.1 Å². The van der Waals surface area contributed by atoms with Crippen molar-refractivity contribution in [3.63, 3.8) is 0 Å². The predicted octanol–water partition coefficient (Wildman–Crippen LogP) is 4.07. The zero-order valence-corrected chi connectivity index (χ0v) is 21.6. The molecule has 0 spiro atoms. The van der Waals surface area contributed by atoms with Crippen LogP contribution in [0.4, 0.5) is 15.8 Å². The van der Waals surface area contributed by atoms with Crippen molar-refractivity contribution in [3.8, 4) is 5.75 Å². The van der Waals surface area contributed by atoms with E-state index in [0.29, 0.717) is 17.0 Å². The number of rotatable bonds is 10. The first-order valence-corrected chi connectivity index (χ1v) is 13.1. The van der Waals surface area contributed by atoms with Crippen LogP contribution in [-0.4, -0.2) is 45.9 Å². The number of halogens is 3. The maximum absolute atomic E-state index is 12.9. The zero-order valence-electron chi connectivity index (χ0n) is 19.3. The van der Waals surface area contributed by atoms with Crippen molar-refractivity contribution in [1.29, 1.82) is 0 Å². The lowest BCUT2D eigenvalue weighted by Gasteiger charge is -2.21. The van der Waals surface area contributed by atoms with Gasteiger partial charge in [0.05, 0.1) is 28.2 Å².